The van der Waals surface area contributed by atoms with Gasteiger partial charge in [0.2, 0.25) is 0 Å². The van der Waals surface area contributed by atoms with Crippen LogP contribution < -0.4 is 10.1 Å². The molecule has 6 nitrogen and oxygen atoms in total. The van der Waals surface area contributed by atoms with Gasteiger partial charge < -0.3 is 25.4 Å². The van der Waals surface area contributed by atoms with Gasteiger partial charge in [-0.25, -0.2) is 4.79 Å². The van der Waals surface area contributed by atoms with Gasteiger partial charge in [-0.3, -0.25) is 0 Å². The van der Waals surface area contributed by atoms with E-state index in [9.17, 15) is 20.1 Å². The van der Waals surface area contributed by atoms with Gasteiger partial charge >= 0.3 is 5.97 Å². The highest BCUT2D eigenvalue weighted by Crippen LogP contribution is 2.27. The number of aromatic carboxylic acids is 1. The Bertz CT molecular complexity index is 1030. The number of aryl methyl sites for hydroxylation is 1. The number of aliphatic hydroxyl groups excluding tert-OH is 1. The van der Waals surface area contributed by atoms with Crippen LogP contribution in [0.15, 0.2) is 66.7 Å². The number of carboxylic acids is 1. The van der Waals surface area contributed by atoms with Crippen molar-refractivity contribution in [3.63, 3.8) is 0 Å². The highest BCUT2D eigenvalue weighted by atomic mass is 16.5. The summed E-state index contributed by atoms with van der Waals surface area (Å²) in [5, 5.41) is 32.2. The van der Waals surface area contributed by atoms with Crippen molar-refractivity contribution in [1.82, 2.24) is 5.32 Å². The molecule has 0 radical (unpaired) electrons. The third-order valence-electron chi connectivity index (χ3n) is 5.44. The molecular weight excluding hydrogens is 406 g/mol. The first-order valence-corrected chi connectivity index (χ1v) is 10.7. The fourth-order valence-electron chi connectivity index (χ4n) is 3.56. The second-order valence-electron chi connectivity index (χ2n) is 7.68. The molecule has 0 aromatic heterocycles. The summed E-state index contributed by atoms with van der Waals surface area (Å²) in [6.45, 7) is 4.91. The Morgan fingerprint density at radius 3 is 2.34 bits per heavy atom. The molecule has 0 saturated carbocycles. The number of rotatable bonds is 10. The smallest absolute Gasteiger partial charge is 0.335 e. The number of carbonyl (C=O) groups is 1. The minimum Gasteiger partial charge on any atom is -0.508 e. The van der Waals surface area contributed by atoms with E-state index in [1.54, 1.807) is 36.4 Å². The first-order chi connectivity index (χ1) is 15.4. The predicted molar refractivity (Wildman–Crippen MR) is 124 cm³/mol. The zero-order chi connectivity index (χ0) is 23.1. The highest BCUT2D eigenvalue weighted by molar-refractivity contribution is 5.89. The summed E-state index contributed by atoms with van der Waals surface area (Å²) < 4.78 is 5.80. The average molecular weight is 436 g/mol. The zero-order valence-corrected chi connectivity index (χ0v) is 18.3. The van der Waals surface area contributed by atoms with Crippen LogP contribution in [-0.2, 0) is 6.42 Å². The van der Waals surface area contributed by atoms with Gasteiger partial charge in [0.25, 0.3) is 0 Å². The van der Waals surface area contributed by atoms with E-state index < -0.39 is 12.1 Å². The number of phenolic OH excluding ortho intramolecular Hbond substituents is 1. The maximum absolute atomic E-state index is 11.2. The molecule has 0 aliphatic rings. The van der Waals surface area contributed by atoms with Gasteiger partial charge in [0.15, 0.2) is 0 Å². The second-order valence-corrected chi connectivity index (χ2v) is 7.68. The number of aromatic hydroxyl groups is 1. The molecule has 3 aromatic carbocycles. The minimum atomic E-state index is -0.923. The fraction of sp³-hybridized carbons (Fsp3) is 0.269. The van der Waals surface area contributed by atoms with Gasteiger partial charge in [0, 0.05) is 12.6 Å². The molecule has 0 bridgehead atoms. The molecule has 0 fully saturated rings. The van der Waals surface area contributed by atoms with Crippen molar-refractivity contribution < 1.29 is 24.9 Å². The minimum absolute atomic E-state index is 0.171. The molecule has 0 saturated heterocycles. The first kappa shape index (κ1) is 23.3. The maximum atomic E-state index is 11.2. The van der Waals surface area contributed by atoms with E-state index in [0.717, 1.165) is 34.4 Å². The van der Waals surface area contributed by atoms with Crippen molar-refractivity contribution >= 4 is 5.97 Å². The molecule has 0 heterocycles. The predicted octanol–water partition coefficient (Wildman–Crippen LogP) is 4.41. The molecule has 3 aromatic rings. The molecule has 3 rings (SSSR count). The molecule has 32 heavy (non-hydrogen) atoms. The summed E-state index contributed by atoms with van der Waals surface area (Å²) in [4.78, 5) is 11.2. The monoisotopic (exact) mass is 435 g/mol. The Hall–Kier alpha value is -3.35. The third-order valence-corrected chi connectivity index (χ3v) is 5.44. The molecule has 0 spiro atoms. The largest absolute Gasteiger partial charge is 0.508 e. The van der Waals surface area contributed by atoms with Gasteiger partial charge in [-0.15, -0.1) is 0 Å². The van der Waals surface area contributed by atoms with E-state index in [0.29, 0.717) is 18.7 Å². The van der Waals surface area contributed by atoms with Crippen LogP contribution in [0.1, 0.15) is 41.4 Å². The van der Waals surface area contributed by atoms with Crippen LogP contribution in [0.5, 0.6) is 11.5 Å². The Morgan fingerprint density at radius 2 is 1.72 bits per heavy atom. The standard InChI is InChI=1S/C26H29NO5/c1-3-18-16-21(26(30)31)8-13-24(18)19-6-11-23(12-7-19)32-15-14-27-17(2)25(29)20-4-9-22(28)10-5-20/h4-13,16-17,25,27-29H,3,14-15H2,1-2H3,(H,30,31)/t17-,25+/m1/s1. The lowest BCUT2D eigenvalue weighted by Crippen LogP contribution is -2.35. The lowest BCUT2D eigenvalue weighted by atomic mass is 9.96. The van der Waals surface area contributed by atoms with Crippen LogP contribution in [0.25, 0.3) is 11.1 Å². The van der Waals surface area contributed by atoms with Gasteiger partial charge in [0.05, 0.1) is 11.7 Å². The van der Waals surface area contributed by atoms with Crippen molar-refractivity contribution in [3.8, 4) is 22.6 Å². The molecule has 0 aliphatic carbocycles. The number of nitrogens with one attached hydrogen (secondary N) is 1. The van der Waals surface area contributed by atoms with E-state index in [2.05, 4.69) is 5.32 Å². The van der Waals surface area contributed by atoms with E-state index in [4.69, 9.17) is 4.74 Å². The lowest BCUT2D eigenvalue weighted by molar-refractivity contribution is 0.0696. The summed E-state index contributed by atoms with van der Waals surface area (Å²) in [6.07, 6.45) is 0.0596. The summed E-state index contributed by atoms with van der Waals surface area (Å²) >= 11 is 0. The molecule has 4 N–H and O–H groups in total. The fourth-order valence-corrected chi connectivity index (χ4v) is 3.56. The Labute approximate surface area is 188 Å². The van der Waals surface area contributed by atoms with Crippen molar-refractivity contribution in [2.24, 2.45) is 0 Å². The van der Waals surface area contributed by atoms with E-state index in [1.807, 2.05) is 44.2 Å². The number of benzene rings is 3. The van der Waals surface area contributed by atoms with E-state index in [-0.39, 0.29) is 11.8 Å². The number of hydrogen-bond acceptors (Lipinski definition) is 5. The average Bonchev–Trinajstić information content (AvgIpc) is 2.81. The summed E-state index contributed by atoms with van der Waals surface area (Å²) in [5.41, 5.74) is 4.05. The van der Waals surface area contributed by atoms with Crippen molar-refractivity contribution in [2.75, 3.05) is 13.2 Å². The third kappa shape index (κ3) is 5.87. The highest BCUT2D eigenvalue weighted by Gasteiger charge is 2.15. The summed E-state index contributed by atoms with van der Waals surface area (Å²) in [7, 11) is 0. The quantitative estimate of drug-likeness (QED) is 0.352. The molecular formula is C26H29NO5. The molecule has 168 valence electrons. The van der Waals surface area contributed by atoms with Gasteiger partial charge in [0.1, 0.15) is 18.1 Å². The molecule has 2 atom stereocenters. The van der Waals surface area contributed by atoms with Crippen LogP contribution in [0.4, 0.5) is 0 Å². The van der Waals surface area contributed by atoms with Gasteiger partial charge in [-0.1, -0.05) is 37.3 Å². The molecule has 6 heteroatoms. The molecule has 0 unspecified atom stereocenters. The maximum Gasteiger partial charge on any atom is 0.335 e. The zero-order valence-electron chi connectivity index (χ0n) is 18.3. The van der Waals surface area contributed by atoms with E-state index >= 15 is 0 Å². The van der Waals surface area contributed by atoms with Crippen LogP contribution in [-0.4, -0.2) is 40.5 Å². The van der Waals surface area contributed by atoms with Crippen LogP contribution in [0.2, 0.25) is 0 Å². The van der Waals surface area contributed by atoms with Crippen LogP contribution >= 0.6 is 0 Å². The normalized spacial score (nSPS) is 12.8. The van der Waals surface area contributed by atoms with Gasteiger partial charge in [-0.05, 0) is 72.0 Å². The van der Waals surface area contributed by atoms with Crippen molar-refractivity contribution in [1.29, 1.82) is 0 Å². The second kappa shape index (κ2) is 10.8. The van der Waals surface area contributed by atoms with Crippen LogP contribution in [0.3, 0.4) is 0 Å². The Balaban J connectivity index is 1.52. The molecule has 0 amide bonds. The SMILES string of the molecule is CCc1cc(C(=O)O)ccc1-c1ccc(OCCN[C@H](C)[C@H](O)c2ccc(O)cc2)cc1. The van der Waals surface area contributed by atoms with Crippen molar-refractivity contribution in [2.45, 2.75) is 32.4 Å². The van der Waals surface area contributed by atoms with Crippen LogP contribution in [0, 0.1) is 0 Å². The number of aliphatic hydroxyl groups is 1. The number of hydrogen-bond donors (Lipinski definition) is 4. The summed E-state index contributed by atoms with van der Waals surface area (Å²) in [5.74, 6) is -0.0137. The first-order valence-electron chi connectivity index (χ1n) is 10.7. The summed E-state index contributed by atoms with van der Waals surface area (Å²) in [6, 6.07) is 19.3. The Morgan fingerprint density at radius 1 is 1.03 bits per heavy atom. The van der Waals surface area contributed by atoms with Crippen molar-refractivity contribution in [3.05, 3.63) is 83.4 Å². The lowest BCUT2D eigenvalue weighted by Gasteiger charge is -2.21. The van der Waals surface area contributed by atoms with E-state index in [1.165, 1.54) is 0 Å². The molecule has 0 aliphatic heterocycles. The Kier molecular flexibility index (Phi) is 7.87. The number of phenols is 1. The number of ether oxygens (including phenoxy) is 1. The van der Waals surface area contributed by atoms with Gasteiger partial charge in [-0.2, -0.15) is 0 Å². The number of carboxylic acid groups (broad SMARTS) is 1. The topological polar surface area (TPSA) is 99.0 Å².